The van der Waals surface area contributed by atoms with Crippen molar-refractivity contribution in [3.63, 3.8) is 0 Å². The minimum absolute atomic E-state index is 0.0294. The van der Waals surface area contributed by atoms with Crippen molar-refractivity contribution in [3.05, 3.63) is 35.4 Å². The highest BCUT2D eigenvalue weighted by atomic mass is 16.6. The van der Waals surface area contributed by atoms with E-state index in [2.05, 4.69) is 21.3 Å². The number of carboxylic acids is 1. The fraction of sp³-hybridized carbons (Fsp3) is 0.625. The van der Waals surface area contributed by atoms with Crippen molar-refractivity contribution in [2.75, 3.05) is 26.7 Å². The number of Topliss-reactive ketones (excluding diaryl/α,β-unsaturated/α-hetero) is 1. The number of carbonyl (C=O) groups excluding carboxylic acids is 8. The molecule has 0 aromatic heterocycles. The van der Waals surface area contributed by atoms with E-state index in [4.69, 9.17) is 9.84 Å². The highest BCUT2D eigenvalue weighted by Gasteiger charge is 2.46. The number of unbranched alkanes of at least 4 members (excludes halogenated alkanes) is 1. The standard InChI is InChI=1S/C40H59N7O11/c1-7-12-28(35(52)38(55)42-20-32(50)51)43-36(53)29-19-27(58-40(57)46-18-17-25-13-8-9-14-26(25)21-46)22-47(29)39(56)34(24(4)5)45-37(54)33(23(2)3)44-31(49)16-11-10-15-30(48)41-6/h8-9,13-14,23-24,27-29,33-34H,7,10-12,15-22H2,1-6H3,(H,41,48)(H,42,55)(H,43,53)(H,44,49)(H,45,54)(H,50,51)/t27?,28?,29?,33-,34-/m0/s1. The van der Waals surface area contributed by atoms with Gasteiger partial charge in [-0.1, -0.05) is 65.3 Å². The van der Waals surface area contributed by atoms with Crippen LogP contribution >= 0.6 is 0 Å². The lowest BCUT2D eigenvalue weighted by atomic mass is 9.98. The van der Waals surface area contributed by atoms with Crippen LogP contribution in [0.1, 0.15) is 90.7 Å². The first kappa shape index (κ1) is 46.8. The predicted molar refractivity (Wildman–Crippen MR) is 210 cm³/mol. The summed E-state index contributed by atoms with van der Waals surface area (Å²) >= 11 is 0. The van der Waals surface area contributed by atoms with Crippen molar-refractivity contribution in [2.24, 2.45) is 11.8 Å². The summed E-state index contributed by atoms with van der Waals surface area (Å²) in [5, 5.41) is 21.5. The lowest BCUT2D eigenvalue weighted by molar-refractivity contribution is -0.145. The van der Waals surface area contributed by atoms with Crippen LogP contribution < -0.4 is 26.6 Å². The Labute approximate surface area is 338 Å². The van der Waals surface area contributed by atoms with E-state index in [0.29, 0.717) is 38.8 Å². The molecule has 18 heteroatoms. The molecule has 320 valence electrons. The lowest BCUT2D eigenvalue weighted by Gasteiger charge is -2.32. The van der Waals surface area contributed by atoms with Crippen molar-refractivity contribution in [2.45, 2.75) is 123 Å². The number of rotatable bonds is 20. The van der Waals surface area contributed by atoms with Gasteiger partial charge in [-0.3, -0.25) is 38.4 Å². The number of aliphatic carboxylic acids is 1. The summed E-state index contributed by atoms with van der Waals surface area (Å²) in [6.45, 7) is 8.25. The molecule has 0 spiro atoms. The molecule has 2 aliphatic rings. The lowest BCUT2D eigenvalue weighted by Crippen LogP contribution is -2.59. The third-order valence-corrected chi connectivity index (χ3v) is 10.2. The molecule has 6 N–H and O–H groups in total. The van der Waals surface area contributed by atoms with Gasteiger partial charge in [0.2, 0.25) is 35.3 Å². The number of likely N-dealkylation sites (tertiary alicyclic amines) is 1. The van der Waals surface area contributed by atoms with Crippen molar-refractivity contribution in [3.8, 4) is 0 Å². The highest BCUT2D eigenvalue weighted by Crippen LogP contribution is 2.26. The molecule has 0 radical (unpaired) electrons. The molecular weight excluding hydrogens is 754 g/mol. The summed E-state index contributed by atoms with van der Waals surface area (Å²) in [6, 6.07) is 2.86. The Balaban J connectivity index is 1.83. The molecule has 2 heterocycles. The van der Waals surface area contributed by atoms with Gasteiger partial charge in [-0.25, -0.2) is 4.79 Å². The number of carboxylic acid groups (broad SMARTS) is 1. The summed E-state index contributed by atoms with van der Waals surface area (Å²) in [5.41, 5.74) is 2.09. The van der Waals surface area contributed by atoms with Gasteiger partial charge >= 0.3 is 12.1 Å². The third-order valence-electron chi connectivity index (χ3n) is 10.2. The summed E-state index contributed by atoms with van der Waals surface area (Å²) in [5.74, 6) is -7.19. The van der Waals surface area contributed by atoms with Crippen LogP contribution in [0.15, 0.2) is 24.3 Å². The minimum atomic E-state index is -1.37. The number of fused-ring (bicyclic) bond motifs is 1. The molecule has 1 aromatic rings. The Bertz CT molecular complexity index is 1680. The van der Waals surface area contributed by atoms with Crippen LogP contribution in [0.4, 0.5) is 4.79 Å². The van der Waals surface area contributed by atoms with Gasteiger partial charge < -0.3 is 46.2 Å². The molecule has 2 aliphatic heterocycles. The number of ketones is 1. The first-order chi connectivity index (χ1) is 27.5. The minimum Gasteiger partial charge on any atom is -0.480 e. The normalized spacial score (nSPS) is 17.7. The van der Waals surface area contributed by atoms with Crippen LogP contribution in [0.5, 0.6) is 0 Å². The van der Waals surface area contributed by atoms with Gasteiger partial charge in [0.15, 0.2) is 0 Å². The fourth-order valence-corrected chi connectivity index (χ4v) is 6.88. The molecule has 0 saturated carbocycles. The van der Waals surface area contributed by atoms with E-state index in [1.54, 1.807) is 34.6 Å². The predicted octanol–water partition coefficient (Wildman–Crippen LogP) is 0.794. The molecule has 3 unspecified atom stereocenters. The number of hydrogen-bond donors (Lipinski definition) is 6. The Hall–Kier alpha value is -5.55. The van der Waals surface area contributed by atoms with E-state index in [0.717, 1.165) is 11.1 Å². The number of ether oxygens (including phenoxy) is 1. The van der Waals surface area contributed by atoms with E-state index in [-0.39, 0.29) is 44.1 Å². The smallest absolute Gasteiger partial charge is 0.410 e. The molecule has 3 rings (SSSR count). The second-order valence-corrected chi connectivity index (χ2v) is 15.4. The molecule has 0 aliphatic carbocycles. The van der Waals surface area contributed by atoms with Crippen molar-refractivity contribution in [1.29, 1.82) is 0 Å². The second kappa shape index (κ2) is 22.4. The first-order valence-corrected chi connectivity index (χ1v) is 19.9. The Morgan fingerprint density at radius 3 is 2.10 bits per heavy atom. The maximum Gasteiger partial charge on any atom is 0.410 e. The Kier molecular flexibility index (Phi) is 18.1. The van der Waals surface area contributed by atoms with Gasteiger partial charge in [0.25, 0.3) is 5.91 Å². The maximum absolute atomic E-state index is 14.5. The number of benzene rings is 1. The molecule has 7 amide bonds. The molecule has 1 saturated heterocycles. The van der Waals surface area contributed by atoms with E-state index in [1.165, 1.54) is 16.8 Å². The SMILES string of the molecule is CCCC(NC(=O)C1CC(OC(=O)N2CCc3ccccc3C2)CN1C(=O)[C@@H](NC(=O)[C@@H](NC(=O)CCCCC(=O)NC)C(C)C)C(C)C)C(=O)C(=O)NCC(=O)O. The van der Waals surface area contributed by atoms with E-state index >= 15 is 0 Å². The van der Waals surface area contributed by atoms with Crippen molar-refractivity contribution < 1.29 is 53.0 Å². The van der Waals surface area contributed by atoms with Gasteiger partial charge in [0.05, 0.1) is 12.6 Å². The van der Waals surface area contributed by atoms with Gasteiger partial charge in [-0.15, -0.1) is 0 Å². The monoisotopic (exact) mass is 813 g/mol. The first-order valence-electron chi connectivity index (χ1n) is 19.9. The summed E-state index contributed by atoms with van der Waals surface area (Å²) in [7, 11) is 1.53. The van der Waals surface area contributed by atoms with Gasteiger partial charge in [-0.2, -0.15) is 0 Å². The van der Waals surface area contributed by atoms with Gasteiger partial charge in [0, 0.05) is 39.4 Å². The van der Waals surface area contributed by atoms with Crippen LogP contribution in [0.3, 0.4) is 0 Å². The largest absolute Gasteiger partial charge is 0.480 e. The molecule has 5 atom stereocenters. The van der Waals surface area contributed by atoms with Crippen LogP contribution in [-0.4, -0.2) is 125 Å². The molecular formula is C40H59N7O11. The average molecular weight is 814 g/mol. The van der Waals surface area contributed by atoms with Crippen LogP contribution in [0.25, 0.3) is 0 Å². The molecule has 1 aromatic carbocycles. The van der Waals surface area contributed by atoms with Crippen LogP contribution in [0, 0.1) is 11.8 Å². The van der Waals surface area contributed by atoms with Gasteiger partial charge in [-0.05, 0) is 48.6 Å². The van der Waals surface area contributed by atoms with E-state index in [1.807, 2.05) is 29.6 Å². The number of nitrogens with zero attached hydrogens (tertiary/aromatic N) is 2. The molecule has 0 bridgehead atoms. The Morgan fingerprint density at radius 1 is 0.862 bits per heavy atom. The number of hydrogen-bond acceptors (Lipinski definition) is 10. The number of nitrogens with one attached hydrogen (secondary N) is 5. The Morgan fingerprint density at radius 2 is 1.50 bits per heavy atom. The van der Waals surface area contributed by atoms with E-state index in [9.17, 15) is 43.2 Å². The number of amides is 7. The summed E-state index contributed by atoms with van der Waals surface area (Å²) < 4.78 is 5.88. The van der Waals surface area contributed by atoms with Crippen molar-refractivity contribution >= 4 is 53.3 Å². The number of carbonyl (C=O) groups is 9. The molecule has 18 nitrogen and oxygen atoms in total. The zero-order valence-electron chi connectivity index (χ0n) is 34.3. The quantitative estimate of drug-likeness (QED) is 0.0794. The van der Waals surface area contributed by atoms with Crippen molar-refractivity contribution in [1.82, 2.24) is 36.4 Å². The topological polar surface area (TPSA) is 250 Å². The third kappa shape index (κ3) is 13.5. The van der Waals surface area contributed by atoms with Gasteiger partial charge in [0.1, 0.15) is 30.8 Å². The zero-order valence-corrected chi connectivity index (χ0v) is 34.3. The molecule has 58 heavy (non-hydrogen) atoms. The van der Waals surface area contributed by atoms with E-state index < -0.39 is 90.1 Å². The zero-order chi connectivity index (χ0) is 43.1. The van der Waals surface area contributed by atoms with Crippen LogP contribution in [0.2, 0.25) is 0 Å². The highest BCUT2D eigenvalue weighted by molar-refractivity contribution is 6.38. The summed E-state index contributed by atoms with van der Waals surface area (Å²) in [4.78, 5) is 119. The van der Waals surface area contributed by atoms with Crippen LogP contribution in [-0.2, 0) is 56.1 Å². The average Bonchev–Trinajstić information content (AvgIpc) is 3.62. The second-order valence-electron chi connectivity index (χ2n) is 15.4. The fourth-order valence-electron chi connectivity index (χ4n) is 6.88. The molecule has 1 fully saturated rings. The summed E-state index contributed by atoms with van der Waals surface area (Å²) in [6.07, 6.45) is 0.492. The maximum atomic E-state index is 14.5.